The second kappa shape index (κ2) is 8.09. The molecule has 1 N–H and O–H groups in total. The standard InChI is InChI=1S/C22H25N5OS2/c1-14-12-17(15(2)27(14)22-24-9-11-30-22)20-19(18-7-3-4-8-23-18)25-21(29)26(20)13-16-6-5-10-28-16/h3-4,7-9,11-12,16,19-20H,5-6,10,13H2,1-2H3,(H,25,29)/t16-,19+,20-/m0/s1. The van der Waals surface area contributed by atoms with Gasteiger partial charge in [-0.2, -0.15) is 0 Å². The zero-order valence-corrected chi connectivity index (χ0v) is 18.7. The number of thiazole rings is 1. The molecule has 3 aromatic heterocycles. The smallest absolute Gasteiger partial charge is 0.193 e. The molecule has 6 nitrogen and oxygen atoms in total. The number of pyridine rings is 1. The second-order valence-electron chi connectivity index (χ2n) is 7.89. The van der Waals surface area contributed by atoms with Crippen LogP contribution in [0.15, 0.2) is 42.0 Å². The van der Waals surface area contributed by atoms with Crippen molar-refractivity contribution in [3.05, 3.63) is 64.7 Å². The predicted octanol–water partition coefficient (Wildman–Crippen LogP) is 4.10. The zero-order chi connectivity index (χ0) is 20.7. The van der Waals surface area contributed by atoms with Crippen molar-refractivity contribution in [2.75, 3.05) is 13.2 Å². The lowest BCUT2D eigenvalue weighted by Gasteiger charge is -2.30. The summed E-state index contributed by atoms with van der Waals surface area (Å²) < 4.78 is 8.19. The van der Waals surface area contributed by atoms with Gasteiger partial charge in [0.15, 0.2) is 10.2 Å². The molecule has 0 saturated carbocycles. The number of nitrogens with one attached hydrogen (secondary N) is 1. The molecule has 156 valence electrons. The molecule has 2 aliphatic rings. The highest BCUT2D eigenvalue weighted by molar-refractivity contribution is 7.80. The molecule has 5 rings (SSSR count). The fourth-order valence-corrected chi connectivity index (χ4v) is 5.72. The summed E-state index contributed by atoms with van der Waals surface area (Å²) in [5.74, 6) is 0. The van der Waals surface area contributed by atoms with Crippen LogP contribution in [0.2, 0.25) is 0 Å². The van der Waals surface area contributed by atoms with Crippen LogP contribution in [0.25, 0.3) is 5.13 Å². The van der Waals surface area contributed by atoms with Crippen molar-refractivity contribution in [3.63, 3.8) is 0 Å². The maximum Gasteiger partial charge on any atom is 0.193 e. The van der Waals surface area contributed by atoms with Gasteiger partial charge in [-0.25, -0.2) is 4.98 Å². The summed E-state index contributed by atoms with van der Waals surface area (Å²) in [6.07, 6.45) is 6.12. The lowest BCUT2D eigenvalue weighted by atomic mass is 9.96. The largest absolute Gasteiger partial charge is 0.376 e. The van der Waals surface area contributed by atoms with E-state index in [4.69, 9.17) is 17.0 Å². The molecule has 5 heterocycles. The van der Waals surface area contributed by atoms with Crippen LogP contribution in [0.4, 0.5) is 0 Å². The van der Waals surface area contributed by atoms with Crippen LogP contribution in [0.5, 0.6) is 0 Å². The number of aromatic nitrogens is 3. The van der Waals surface area contributed by atoms with Crippen molar-refractivity contribution in [3.8, 4) is 5.13 Å². The predicted molar refractivity (Wildman–Crippen MR) is 122 cm³/mol. The van der Waals surface area contributed by atoms with Crippen LogP contribution >= 0.6 is 23.6 Å². The van der Waals surface area contributed by atoms with E-state index in [0.29, 0.717) is 0 Å². The summed E-state index contributed by atoms with van der Waals surface area (Å²) in [5.41, 5.74) is 4.62. The van der Waals surface area contributed by atoms with Crippen LogP contribution in [0, 0.1) is 13.8 Å². The van der Waals surface area contributed by atoms with E-state index in [0.717, 1.165) is 41.9 Å². The minimum Gasteiger partial charge on any atom is -0.376 e. The average Bonchev–Trinajstić information content (AvgIpc) is 3.53. The molecule has 0 spiro atoms. The highest BCUT2D eigenvalue weighted by atomic mass is 32.1. The molecule has 30 heavy (non-hydrogen) atoms. The van der Waals surface area contributed by atoms with Crippen molar-refractivity contribution < 1.29 is 4.74 Å². The monoisotopic (exact) mass is 439 g/mol. The Labute approximate surface area is 185 Å². The van der Waals surface area contributed by atoms with E-state index in [1.54, 1.807) is 11.3 Å². The highest BCUT2D eigenvalue weighted by Crippen LogP contribution is 2.42. The normalized spacial score (nSPS) is 23.9. The van der Waals surface area contributed by atoms with E-state index in [1.165, 1.54) is 17.0 Å². The van der Waals surface area contributed by atoms with Crippen LogP contribution in [-0.2, 0) is 4.74 Å². The number of nitrogens with zero attached hydrogens (tertiary/aromatic N) is 4. The molecule has 2 saturated heterocycles. The van der Waals surface area contributed by atoms with Crippen molar-refractivity contribution in [1.82, 2.24) is 24.8 Å². The van der Waals surface area contributed by atoms with Crippen LogP contribution < -0.4 is 5.32 Å². The number of aryl methyl sites for hydroxylation is 1. The SMILES string of the molecule is Cc1cc([C@H]2[C@@H](c3ccccn3)NC(=S)N2C[C@@H]2CCCO2)c(C)n1-c1nccs1. The Morgan fingerprint density at radius 3 is 2.87 bits per heavy atom. The van der Waals surface area contributed by atoms with E-state index in [1.807, 2.05) is 29.9 Å². The molecule has 0 aromatic carbocycles. The van der Waals surface area contributed by atoms with Gasteiger partial charge in [-0.05, 0) is 62.7 Å². The first-order valence-electron chi connectivity index (χ1n) is 10.3. The molecule has 0 radical (unpaired) electrons. The maximum atomic E-state index is 5.95. The number of ether oxygens (including phenoxy) is 1. The molecule has 0 unspecified atom stereocenters. The Hall–Kier alpha value is -2.29. The second-order valence-corrected chi connectivity index (χ2v) is 9.15. The Morgan fingerprint density at radius 2 is 2.17 bits per heavy atom. The third-order valence-corrected chi connectivity index (χ3v) is 7.13. The molecule has 0 aliphatic carbocycles. The van der Waals surface area contributed by atoms with Gasteiger partial charge in [-0.3, -0.25) is 9.55 Å². The Kier molecular flexibility index (Phi) is 5.30. The Balaban J connectivity index is 1.58. The number of rotatable bonds is 5. The number of hydrogen-bond acceptors (Lipinski definition) is 5. The lowest BCUT2D eigenvalue weighted by molar-refractivity contribution is 0.0842. The van der Waals surface area contributed by atoms with Crippen molar-refractivity contribution in [2.45, 2.75) is 44.9 Å². The van der Waals surface area contributed by atoms with Gasteiger partial charge in [0.2, 0.25) is 0 Å². The molecule has 8 heteroatoms. The minimum atomic E-state index is -0.00894. The third-order valence-electron chi connectivity index (χ3n) is 6.02. The summed E-state index contributed by atoms with van der Waals surface area (Å²) in [6, 6.07) is 8.37. The van der Waals surface area contributed by atoms with Gasteiger partial charge in [0, 0.05) is 42.3 Å². The minimum absolute atomic E-state index is 0.00894. The quantitative estimate of drug-likeness (QED) is 0.604. The molecular formula is C22H25N5OS2. The van der Waals surface area contributed by atoms with Gasteiger partial charge in [0.1, 0.15) is 0 Å². The summed E-state index contributed by atoms with van der Waals surface area (Å²) >= 11 is 7.46. The van der Waals surface area contributed by atoms with E-state index in [2.05, 4.69) is 50.7 Å². The summed E-state index contributed by atoms with van der Waals surface area (Å²) in [7, 11) is 0. The molecule has 0 bridgehead atoms. The average molecular weight is 440 g/mol. The molecular weight excluding hydrogens is 414 g/mol. The fraction of sp³-hybridized carbons (Fsp3) is 0.409. The van der Waals surface area contributed by atoms with Gasteiger partial charge in [-0.1, -0.05) is 6.07 Å². The van der Waals surface area contributed by atoms with Gasteiger partial charge >= 0.3 is 0 Å². The lowest BCUT2D eigenvalue weighted by Crippen LogP contribution is -2.36. The first-order valence-corrected chi connectivity index (χ1v) is 11.6. The number of thiocarbonyl (C=S) groups is 1. The summed E-state index contributed by atoms with van der Waals surface area (Å²) in [5, 5.41) is 7.32. The first kappa shape index (κ1) is 19.7. The molecule has 3 aromatic rings. The zero-order valence-electron chi connectivity index (χ0n) is 17.1. The van der Waals surface area contributed by atoms with Crippen LogP contribution in [-0.4, -0.2) is 43.8 Å². The number of hydrogen-bond donors (Lipinski definition) is 1. The van der Waals surface area contributed by atoms with E-state index in [-0.39, 0.29) is 18.2 Å². The van der Waals surface area contributed by atoms with Gasteiger partial charge in [0.05, 0.1) is 23.9 Å². The fourth-order valence-electron chi connectivity index (χ4n) is 4.66. The third kappa shape index (κ3) is 3.42. The van der Waals surface area contributed by atoms with Crippen molar-refractivity contribution in [2.24, 2.45) is 0 Å². The highest BCUT2D eigenvalue weighted by Gasteiger charge is 2.42. The maximum absolute atomic E-state index is 5.95. The Bertz CT molecular complexity index is 1030. The van der Waals surface area contributed by atoms with E-state index >= 15 is 0 Å². The molecule has 3 atom stereocenters. The van der Waals surface area contributed by atoms with Gasteiger partial charge in [-0.15, -0.1) is 11.3 Å². The van der Waals surface area contributed by atoms with Gasteiger partial charge in [0.25, 0.3) is 0 Å². The molecule has 2 aliphatic heterocycles. The van der Waals surface area contributed by atoms with Crippen molar-refractivity contribution >= 4 is 28.7 Å². The molecule has 0 amide bonds. The topological polar surface area (TPSA) is 55.2 Å². The summed E-state index contributed by atoms with van der Waals surface area (Å²) in [6.45, 7) is 5.94. The van der Waals surface area contributed by atoms with Gasteiger partial charge < -0.3 is 15.0 Å². The summed E-state index contributed by atoms with van der Waals surface area (Å²) in [4.78, 5) is 11.5. The van der Waals surface area contributed by atoms with E-state index in [9.17, 15) is 0 Å². The first-order chi connectivity index (χ1) is 14.6. The molecule has 2 fully saturated rings. The van der Waals surface area contributed by atoms with Crippen LogP contribution in [0.1, 0.15) is 47.6 Å². The van der Waals surface area contributed by atoms with Crippen molar-refractivity contribution in [1.29, 1.82) is 0 Å². The van der Waals surface area contributed by atoms with E-state index < -0.39 is 0 Å². The van der Waals surface area contributed by atoms with Crippen LogP contribution in [0.3, 0.4) is 0 Å². The Morgan fingerprint density at radius 1 is 1.27 bits per heavy atom.